The summed E-state index contributed by atoms with van der Waals surface area (Å²) < 4.78 is 51.4. The van der Waals surface area contributed by atoms with Crippen molar-refractivity contribution < 1.29 is 22.4 Å². The maximum Gasteiger partial charge on any atom is 0.391 e. The van der Waals surface area contributed by atoms with Gasteiger partial charge in [0.1, 0.15) is 0 Å². The van der Waals surface area contributed by atoms with Gasteiger partial charge in [-0.15, -0.1) is 0 Å². The van der Waals surface area contributed by atoms with Gasteiger partial charge in [0, 0.05) is 16.1 Å². The van der Waals surface area contributed by atoms with E-state index >= 15 is 0 Å². The van der Waals surface area contributed by atoms with Crippen LogP contribution in [0.25, 0.3) is 11.1 Å². The number of hydrogen-bond donors (Lipinski definition) is 2. The van der Waals surface area contributed by atoms with Crippen molar-refractivity contribution in [3.8, 4) is 11.1 Å². The van der Waals surface area contributed by atoms with E-state index in [-0.39, 0.29) is 11.3 Å². The van der Waals surface area contributed by atoms with Crippen LogP contribution in [-0.4, -0.2) is 18.1 Å². The van der Waals surface area contributed by atoms with Crippen molar-refractivity contribution in [2.75, 3.05) is 5.32 Å². The maximum absolute atomic E-state index is 14.6. The molecule has 0 bridgehead atoms. The predicted octanol–water partition coefficient (Wildman–Crippen LogP) is 4.36. The molecule has 0 saturated carbocycles. The fourth-order valence-electron chi connectivity index (χ4n) is 2.08. The van der Waals surface area contributed by atoms with Gasteiger partial charge in [-0.25, -0.2) is 4.39 Å². The summed E-state index contributed by atoms with van der Waals surface area (Å²) in [6.45, 7) is 0. The third kappa shape index (κ3) is 4.46. The van der Waals surface area contributed by atoms with Crippen molar-refractivity contribution in [3.05, 3.63) is 53.3 Å². The molecule has 2 aromatic carbocycles. The second-order valence-corrected chi connectivity index (χ2v) is 5.47. The van der Waals surface area contributed by atoms with E-state index in [9.17, 15) is 22.4 Å². The van der Waals surface area contributed by atoms with E-state index in [0.717, 1.165) is 0 Å². The van der Waals surface area contributed by atoms with E-state index in [1.54, 1.807) is 24.3 Å². The highest BCUT2D eigenvalue weighted by Gasteiger charge is 2.33. The third-order valence-electron chi connectivity index (χ3n) is 3.21. The van der Waals surface area contributed by atoms with Crippen LogP contribution < -0.4 is 11.1 Å². The quantitative estimate of drug-likeness (QED) is 0.796. The Balaban J connectivity index is 2.26. The fraction of sp³-hybridized carbons (Fsp3) is 0.188. The van der Waals surface area contributed by atoms with Crippen LogP contribution in [0.3, 0.4) is 0 Å². The topological polar surface area (TPSA) is 55.1 Å². The minimum Gasteiger partial charge on any atom is -0.322 e. The van der Waals surface area contributed by atoms with Crippen LogP contribution in [0.4, 0.5) is 23.2 Å². The van der Waals surface area contributed by atoms with E-state index in [1.165, 1.54) is 18.2 Å². The first-order chi connectivity index (χ1) is 11.2. The minimum absolute atomic E-state index is 0.114. The second kappa shape index (κ2) is 7.19. The fourth-order valence-corrected chi connectivity index (χ4v) is 2.32. The van der Waals surface area contributed by atoms with Gasteiger partial charge in [0.05, 0.1) is 18.2 Å². The number of nitrogens with two attached hydrogens (primary N) is 1. The number of carbonyl (C=O) groups is 1. The van der Waals surface area contributed by atoms with E-state index < -0.39 is 30.4 Å². The molecule has 0 aliphatic rings. The van der Waals surface area contributed by atoms with Gasteiger partial charge in [-0.05, 0) is 12.1 Å². The third-order valence-corrected chi connectivity index (χ3v) is 3.54. The van der Waals surface area contributed by atoms with Gasteiger partial charge in [-0.3, -0.25) is 4.79 Å². The molecule has 3 nitrogen and oxygen atoms in total. The van der Waals surface area contributed by atoms with Crippen molar-refractivity contribution in [2.45, 2.75) is 18.6 Å². The highest BCUT2D eigenvalue weighted by molar-refractivity contribution is 6.33. The molecular weight excluding hydrogens is 348 g/mol. The normalized spacial score (nSPS) is 12.8. The van der Waals surface area contributed by atoms with Crippen LogP contribution in [0.15, 0.2) is 42.5 Å². The number of halogens is 5. The number of benzene rings is 2. The van der Waals surface area contributed by atoms with Crippen LogP contribution >= 0.6 is 11.6 Å². The Morgan fingerprint density at radius 3 is 2.38 bits per heavy atom. The van der Waals surface area contributed by atoms with Gasteiger partial charge in [-0.1, -0.05) is 41.9 Å². The number of alkyl halides is 3. The number of amides is 1. The standard InChI is InChI=1S/C16H13ClF4N2O/c17-11-6-2-1-4-9(11)10-5-3-7-13(14(10)18)23-15(24)12(22)8-16(19,20)21/h1-7,12H,8,22H2,(H,23,24). The lowest BCUT2D eigenvalue weighted by Gasteiger charge is -2.15. The molecule has 128 valence electrons. The molecule has 24 heavy (non-hydrogen) atoms. The molecule has 2 rings (SSSR count). The summed E-state index contributed by atoms with van der Waals surface area (Å²) in [6.07, 6.45) is -6.08. The molecule has 0 spiro atoms. The zero-order valence-electron chi connectivity index (χ0n) is 12.2. The number of anilines is 1. The molecule has 0 heterocycles. The van der Waals surface area contributed by atoms with Crippen molar-refractivity contribution in [2.24, 2.45) is 5.73 Å². The van der Waals surface area contributed by atoms with Crippen molar-refractivity contribution in [1.82, 2.24) is 0 Å². The number of rotatable bonds is 4. The predicted molar refractivity (Wildman–Crippen MR) is 84.1 cm³/mol. The molecule has 1 atom stereocenters. The van der Waals surface area contributed by atoms with Crippen molar-refractivity contribution in [1.29, 1.82) is 0 Å². The van der Waals surface area contributed by atoms with Gasteiger partial charge < -0.3 is 11.1 Å². The largest absolute Gasteiger partial charge is 0.391 e. The molecule has 1 amide bonds. The lowest BCUT2D eigenvalue weighted by atomic mass is 10.0. The summed E-state index contributed by atoms with van der Waals surface area (Å²) in [5.41, 5.74) is 5.44. The Hall–Kier alpha value is -2.12. The monoisotopic (exact) mass is 360 g/mol. The Morgan fingerprint density at radius 1 is 1.12 bits per heavy atom. The van der Waals surface area contributed by atoms with Crippen LogP contribution in [-0.2, 0) is 4.79 Å². The molecular formula is C16H13ClF4N2O. The Bertz CT molecular complexity index is 749. The molecule has 8 heteroatoms. The van der Waals surface area contributed by atoms with Gasteiger partial charge in [0.25, 0.3) is 0 Å². The van der Waals surface area contributed by atoms with Crippen LogP contribution in [0.5, 0.6) is 0 Å². The summed E-state index contributed by atoms with van der Waals surface area (Å²) in [5.74, 6) is -1.93. The summed E-state index contributed by atoms with van der Waals surface area (Å²) in [6, 6.07) is 8.79. The zero-order chi connectivity index (χ0) is 17.9. The average Bonchev–Trinajstić information content (AvgIpc) is 2.48. The summed E-state index contributed by atoms with van der Waals surface area (Å²) in [5, 5.41) is 2.38. The van der Waals surface area contributed by atoms with Crippen LogP contribution in [0.1, 0.15) is 6.42 Å². The van der Waals surface area contributed by atoms with Crippen LogP contribution in [0.2, 0.25) is 5.02 Å². The SMILES string of the molecule is NC(CC(F)(F)F)C(=O)Nc1cccc(-c2ccccc2Cl)c1F. The van der Waals surface area contributed by atoms with Crippen LogP contribution in [0, 0.1) is 5.82 Å². The average molecular weight is 361 g/mol. The molecule has 2 aromatic rings. The molecule has 0 aromatic heterocycles. The first-order valence-corrected chi connectivity index (χ1v) is 7.23. The highest BCUT2D eigenvalue weighted by Crippen LogP contribution is 2.32. The number of carbonyl (C=O) groups excluding carboxylic acids is 1. The lowest BCUT2D eigenvalue weighted by Crippen LogP contribution is -2.39. The van der Waals surface area contributed by atoms with E-state index in [4.69, 9.17) is 17.3 Å². The molecule has 3 N–H and O–H groups in total. The molecule has 0 aliphatic heterocycles. The van der Waals surface area contributed by atoms with Gasteiger partial charge in [0.2, 0.25) is 5.91 Å². The Morgan fingerprint density at radius 2 is 1.75 bits per heavy atom. The molecule has 0 fully saturated rings. The molecule has 0 saturated heterocycles. The zero-order valence-corrected chi connectivity index (χ0v) is 13.0. The minimum atomic E-state index is -4.59. The van der Waals surface area contributed by atoms with E-state index in [2.05, 4.69) is 5.32 Å². The number of hydrogen-bond acceptors (Lipinski definition) is 2. The smallest absolute Gasteiger partial charge is 0.322 e. The molecule has 0 radical (unpaired) electrons. The van der Waals surface area contributed by atoms with Crippen molar-refractivity contribution in [3.63, 3.8) is 0 Å². The van der Waals surface area contributed by atoms with E-state index in [0.29, 0.717) is 10.6 Å². The first-order valence-electron chi connectivity index (χ1n) is 6.85. The Labute approximate surface area is 140 Å². The highest BCUT2D eigenvalue weighted by atomic mass is 35.5. The number of nitrogens with one attached hydrogen (secondary N) is 1. The lowest BCUT2D eigenvalue weighted by molar-refractivity contribution is -0.145. The summed E-state index contributed by atoms with van der Waals surface area (Å²) in [4.78, 5) is 11.7. The molecule has 0 aliphatic carbocycles. The maximum atomic E-state index is 14.6. The van der Waals surface area contributed by atoms with E-state index in [1.807, 2.05) is 0 Å². The second-order valence-electron chi connectivity index (χ2n) is 5.06. The Kier molecular flexibility index (Phi) is 5.46. The van der Waals surface area contributed by atoms with Gasteiger partial charge in [0.15, 0.2) is 5.82 Å². The van der Waals surface area contributed by atoms with Gasteiger partial charge in [-0.2, -0.15) is 13.2 Å². The summed E-state index contributed by atoms with van der Waals surface area (Å²) in [7, 11) is 0. The molecule has 1 unspecified atom stereocenters. The van der Waals surface area contributed by atoms with Crippen molar-refractivity contribution >= 4 is 23.2 Å². The first kappa shape index (κ1) is 18.2. The summed E-state index contributed by atoms with van der Waals surface area (Å²) >= 11 is 6.01. The van der Waals surface area contributed by atoms with Gasteiger partial charge >= 0.3 is 6.18 Å².